The van der Waals surface area contributed by atoms with Crippen molar-refractivity contribution in [3.63, 3.8) is 0 Å². The van der Waals surface area contributed by atoms with Gasteiger partial charge in [0.15, 0.2) is 0 Å². The molecule has 1 rings (SSSR count). The molecule has 2 atom stereocenters. The average Bonchev–Trinajstić information content (AvgIpc) is 1.85. The number of hydrogen-bond donors (Lipinski definition) is 0. The Hall–Kier alpha value is -0.660. The Morgan fingerprint density at radius 3 is 2.64 bits per heavy atom. The molecule has 11 heavy (non-hydrogen) atoms. The van der Waals surface area contributed by atoms with Gasteiger partial charge in [0, 0.05) is 18.8 Å². The summed E-state index contributed by atoms with van der Waals surface area (Å²) in [5.41, 5.74) is 0. The summed E-state index contributed by atoms with van der Waals surface area (Å²) in [5.74, 6) is 0.974. The van der Waals surface area contributed by atoms with Gasteiger partial charge in [0.1, 0.15) is 11.6 Å². The lowest BCUT2D eigenvalue weighted by atomic mass is 9.78. The Balaban J connectivity index is 2.57. The highest BCUT2D eigenvalue weighted by molar-refractivity contribution is 5.84. The van der Waals surface area contributed by atoms with Crippen LogP contribution in [0.5, 0.6) is 0 Å². The molecule has 1 aliphatic carbocycles. The maximum atomic E-state index is 11.0. The molecular weight excluding hydrogens is 140 g/mol. The van der Waals surface area contributed by atoms with Gasteiger partial charge in [-0.25, -0.2) is 0 Å². The lowest BCUT2D eigenvalue weighted by molar-refractivity contribution is -0.128. The predicted molar refractivity (Wildman–Crippen MR) is 42.2 cm³/mol. The van der Waals surface area contributed by atoms with Crippen LogP contribution in [0.1, 0.15) is 33.1 Å². The van der Waals surface area contributed by atoms with E-state index in [4.69, 9.17) is 0 Å². The molecular formula is C9H14O2. The first-order valence-corrected chi connectivity index (χ1v) is 4.13. The summed E-state index contributed by atoms with van der Waals surface area (Å²) in [5, 5.41) is 0. The van der Waals surface area contributed by atoms with E-state index in [-0.39, 0.29) is 17.6 Å². The van der Waals surface area contributed by atoms with Crippen molar-refractivity contribution >= 4 is 11.6 Å². The zero-order valence-corrected chi connectivity index (χ0v) is 7.09. The van der Waals surface area contributed by atoms with Gasteiger partial charge in [-0.15, -0.1) is 0 Å². The molecule has 1 fully saturated rings. The van der Waals surface area contributed by atoms with Crippen LogP contribution in [0.4, 0.5) is 0 Å². The van der Waals surface area contributed by atoms with Crippen molar-refractivity contribution in [2.45, 2.75) is 33.1 Å². The third kappa shape index (κ3) is 1.88. The second-order valence-electron chi connectivity index (χ2n) is 3.48. The van der Waals surface area contributed by atoms with Crippen molar-refractivity contribution < 1.29 is 9.59 Å². The molecule has 2 heteroatoms. The number of carbonyl (C=O) groups is 2. The third-order valence-corrected chi connectivity index (χ3v) is 2.49. The van der Waals surface area contributed by atoms with Crippen molar-refractivity contribution in [3.8, 4) is 0 Å². The molecule has 0 aromatic heterocycles. The molecule has 1 aliphatic rings. The van der Waals surface area contributed by atoms with Crippen LogP contribution in [0.2, 0.25) is 0 Å². The molecule has 0 unspecified atom stereocenters. The summed E-state index contributed by atoms with van der Waals surface area (Å²) in [6.45, 7) is 3.61. The van der Waals surface area contributed by atoms with Crippen LogP contribution in [0, 0.1) is 11.8 Å². The Morgan fingerprint density at radius 2 is 2.18 bits per heavy atom. The number of carbonyl (C=O) groups excluding carboxylic acids is 2. The van der Waals surface area contributed by atoms with Crippen molar-refractivity contribution in [2.75, 3.05) is 0 Å². The molecule has 0 aromatic carbocycles. The molecule has 0 bridgehead atoms. The lowest BCUT2D eigenvalue weighted by Crippen LogP contribution is -2.27. The molecule has 1 saturated carbocycles. The van der Waals surface area contributed by atoms with Crippen LogP contribution >= 0.6 is 0 Å². The molecule has 62 valence electrons. The van der Waals surface area contributed by atoms with Gasteiger partial charge >= 0.3 is 0 Å². The van der Waals surface area contributed by atoms with E-state index in [9.17, 15) is 9.59 Å². The van der Waals surface area contributed by atoms with Crippen molar-refractivity contribution in [1.82, 2.24) is 0 Å². The molecule has 0 aliphatic heterocycles. The molecule has 0 saturated heterocycles. The maximum absolute atomic E-state index is 11.0. The number of ketones is 2. The molecule has 0 N–H and O–H groups in total. The van der Waals surface area contributed by atoms with Crippen LogP contribution in [-0.2, 0) is 9.59 Å². The van der Waals surface area contributed by atoms with E-state index in [1.54, 1.807) is 6.92 Å². The first-order valence-electron chi connectivity index (χ1n) is 4.13. The summed E-state index contributed by atoms with van der Waals surface area (Å²) in [7, 11) is 0. The van der Waals surface area contributed by atoms with E-state index in [0.717, 1.165) is 6.42 Å². The second kappa shape index (κ2) is 3.16. The minimum atomic E-state index is 0.146. The van der Waals surface area contributed by atoms with Gasteiger partial charge in [-0.2, -0.15) is 0 Å². The van der Waals surface area contributed by atoms with Crippen LogP contribution in [0.15, 0.2) is 0 Å². The Bertz CT molecular complexity index is 184. The van der Waals surface area contributed by atoms with Gasteiger partial charge in [0.25, 0.3) is 0 Å². The fourth-order valence-electron chi connectivity index (χ4n) is 1.81. The van der Waals surface area contributed by atoms with Gasteiger partial charge in [-0.1, -0.05) is 6.92 Å². The first-order chi connectivity index (χ1) is 5.11. The highest BCUT2D eigenvalue weighted by atomic mass is 16.1. The third-order valence-electron chi connectivity index (χ3n) is 2.49. The zero-order chi connectivity index (χ0) is 8.43. The normalized spacial score (nSPS) is 32.0. The summed E-state index contributed by atoms with van der Waals surface area (Å²) >= 11 is 0. The summed E-state index contributed by atoms with van der Waals surface area (Å²) in [4.78, 5) is 21.9. The minimum Gasteiger partial charge on any atom is -0.300 e. The van der Waals surface area contributed by atoms with E-state index in [0.29, 0.717) is 18.6 Å². The van der Waals surface area contributed by atoms with Crippen molar-refractivity contribution in [2.24, 2.45) is 11.8 Å². The van der Waals surface area contributed by atoms with E-state index < -0.39 is 0 Å². The molecule has 0 heterocycles. The highest BCUT2D eigenvalue weighted by Crippen LogP contribution is 2.27. The molecule has 2 nitrogen and oxygen atoms in total. The lowest BCUT2D eigenvalue weighted by Gasteiger charge is -2.25. The van der Waals surface area contributed by atoms with Crippen LogP contribution in [-0.4, -0.2) is 11.6 Å². The van der Waals surface area contributed by atoms with E-state index >= 15 is 0 Å². The second-order valence-corrected chi connectivity index (χ2v) is 3.48. The summed E-state index contributed by atoms with van der Waals surface area (Å²) in [6.07, 6.45) is 1.98. The predicted octanol–water partition coefficient (Wildman–Crippen LogP) is 1.58. The molecule has 0 radical (unpaired) electrons. The Morgan fingerprint density at radius 1 is 1.55 bits per heavy atom. The Labute approximate surface area is 67.0 Å². The van der Waals surface area contributed by atoms with E-state index in [1.165, 1.54) is 0 Å². The van der Waals surface area contributed by atoms with Gasteiger partial charge in [0.2, 0.25) is 0 Å². The fraction of sp³-hybridized carbons (Fsp3) is 0.778. The number of hydrogen-bond acceptors (Lipinski definition) is 2. The monoisotopic (exact) mass is 154 g/mol. The van der Waals surface area contributed by atoms with E-state index in [2.05, 4.69) is 0 Å². The van der Waals surface area contributed by atoms with Gasteiger partial charge in [-0.3, -0.25) is 9.59 Å². The van der Waals surface area contributed by atoms with Crippen LogP contribution < -0.4 is 0 Å². The maximum Gasteiger partial charge on any atom is 0.133 e. The fourth-order valence-corrected chi connectivity index (χ4v) is 1.81. The van der Waals surface area contributed by atoms with Crippen molar-refractivity contribution in [1.29, 1.82) is 0 Å². The molecule has 0 amide bonds. The van der Waals surface area contributed by atoms with E-state index in [1.807, 2.05) is 6.92 Å². The van der Waals surface area contributed by atoms with Gasteiger partial charge in [0.05, 0.1) is 0 Å². The largest absolute Gasteiger partial charge is 0.300 e. The Kier molecular flexibility index (Phi) is 2.42. The number of Topliss-reactive ketones (excluding diaryl/α,β-unsaturated/α-hetero) is 2. The molecule has 0 aromatic rings. The molecule has 0 spiro atoms. The van der Waals surface area contributed by atoms with Crippen molar-refractivity contribution in [3.05, 3.63) is 0 Å². The standard InChI is InChI=1S/C9H14O2/c1-6-5-8(11)3-4-9(6)7(2)10/h6,9H,3-5H2,1-2H3/t6-,9+/m0/s1. The van der Waals surface area contributed by atoms with Gasteiger partial charge in [-0.05, 0) is 19.3 Å². The zero-order valence-electron chi connectivity index (χ0n) is 7.09. The average molecular weight is 154 g/mol. The van der Waals surface area contributed by atoms with Gasteiger partial charge < -0.3 is 0 Å². The smallest absolute Gasteiger partial charge is 0.133 e. The highest BCUT2D eigenvalue weighted by Gasteiger charge is 2.28. The SMILES string of the molecule is CC(=O)[C@@H]1CCC(=O)C[C@@H]1C. The summed E-state index contributed by atoms with van der Waals surface area (Å²) in [6, 6.07) is 0. The number of rotatable bonds is 1. The summed E-state index contributed by atoms with van der Waals surface area (Å²) < 4.78 is 0. The quantitative estimate of drug-likeness (QED) is 0.574. The first kappa shape index (κ1) is 8.44. The minimum absolute atomic E-state index is 0.146. The topological polar surface area (TPSA) is 34.1 Å². The van der Waals surface area contributed by atoms with Crippen LogP contribution in [0.3, 0.4) is 0 Å². The van der Waals surface area contributed by atoms with Crippen LogP contribution in [0.25, 0.3) is 0 Å².